The van der Waals surface area contributed by atoms with Crippen LogP contribution in [0.2, 0.25) is 0 Å². The van der Waals surface area contributed by atoms with Crippen molar-refractivity contribution >= 4 is 26.8 Å². The number of aromatic nitrogens is 1. The van der Waals surface area contributed by atoms with Gasteiger partial charge in [-0.15, -0.1) is 0 Å². The zero-order valence-electron chi connectivity index (χ0n) is 10.6. The molecule has 1 heterocycles. The molecule has 0 aliphatic carbocycles. The van der Waals surface area contributed by atoms with E-state index in [9.17, 15) is 0 Å². The van der Waals surface area contributed by atoms with E-state index in [0.29, 0.717) is 12.5 Å². The van der Waals surface area contributed by atoms with Crippen molar-refractivity contribution in [2.45, 2.75) is 26.2 Å². The summed E-state index contributed by atoms with van der Waals surface area (Å²) in [4.78, 5) is 0. The van der Waals surface area contributed by atoms with E-state index in [1.807, 2.05) is 0 Å². The highest BCUT2D eigenvalue weighted by atomic mass is 79.9. The zero-order valence-corrected chi connectivity index (χ0v) is 12.2. The summed E-state index contributed by atoms with van der Waals surface area (Å²) in [6, 6.07) is 6.47. The Morgan fingerprint density at radius 3 is 2.65 bits per heavy atom. The molecule has 0 saturated carbocycles. The molecular weight excluding hydrogens is 276 g/mol. The lowest BCUT2D eigenvalue weighted by atomic mass is 10.0. The lowest BCUT2D eigenvalue weighted by Gasteiger charge is -2.10. The van der Waals surface area contributed by atoms with Gasteiger partial charge in [0.25, 0.3) is 0 Å². The van der Waals surface area contributed by atoms with Crippen LogP contribution < -0.4 is 5.73 Å². The Morgan fingerprint density at radius 2 is 2.06 bits per heavy atom. The molecule has 0 unspecified atom stereocenters. The number of halogens is 1. The molecule has 2 rings (SSSR count). The first kappa shape index (κ1) is 12.7. The lowest BCUT2D eigenvalue weighted by molar-refractivity contribution is 0.737. The zero-order chi connectivity index (χ0) is 12.6. The Balaban J connectivity index is 2.78. The molecular formula is C14H19BrN2. The van der Waals surface area contributed by atoms with Gasteiger partial charge in [0.1, 0.15) is 0 Å². The molecule has 2 nitrogen and oxygen atoms in total. The first-order valence-electron chi connectivity index (χ1n) is 6.03. The van der Waals surface area contributed by atoms with Gasteiger partial charge < -0.3 is 10.3 Å². The van der Waals surface area contributed by atoms with Gasteiger partial charge in [-0.2, -0.15) is 0 Å². The van der Waals surface area contributed by atoms with Crippen LogP contribution in [0.1, 0.15) is 31.0 Å². The van der Waals surface area contributed by atoms with Gasteiger partial charge in [0.2, 0.25) is 0 Å². The van der Waals surface area contributed by atoms with E-state index in [2.05, 4.69) is 59.6 Å². The van der Waals surface area contributed by atoms with Gasteiger partial charge in [-0.25, -0.2) is 0 Å². The highest BCUT2D eigenvalue weighted by molar-refractivity contribution is 9.10. The summed E-state index contributed by atoms with van der Waals surface area (Å²) in [6.45, 7) is 5.18. The minimum absolute atomic E-state index is 0.521. The molecule has 2 N–H and O–H groups in total. The van der Waals surface area contributed by atoms with Crippen molar-refractivity contribution in [1.82, 2.24) is 4.57 Å². The maximum atomic E-state index is 5.75. The Morgan fingerprint density at radius 1 is 1.35 bits per heavy atom. The van der Waals surface area contributed by atoms with Gasteiger partial charge in [0.05, 0.1) is 0 Å². The van der Waals surface area contributed by atoms with Gasteiger partial charge in [0.15, 0.2) is 0 Å². The van der Waals surface area contributed by atoms with Gasteiger partial charge >= 0.3 is 0 Å². The fourth-order valence-corrected chi connectivity index (χ4v) is 3.02. The van der Waals surface area contributed by atoms with E-state index in [-0.39, 0.29) is 0 Å². The third-order valence-corrected chi connectivity index (χ3v) is 3.75. The summed E-state index contributed by atoms with van der Waals surface area (Å²) in [6.07, 6.45) is 0.946. The first-order valence-corrected chi connectivity index (χ1v) is 6.82. The number of aryl methyl sites for hydroxylation is 1. The van der Waals surface area contributed by atoms with Crippen molar-refractivity contribution in [2.24, 2.45) is 12.8 Å². The second kappa shape index (κ2) is 4.83. The van der Waals surface area contributed by atoms with E-state index >= 15 is 0 Å². The van der Waals surface area contributed by atoms with Crippen LogP contribution >= 0.6 is 15.9 Å². The molecule has 0 amide bonds. The number of nitrogens with zero attached hydrogens (tertiary/aromatic N) is 1. The van der Waals surface area contributed by atoms with E-state index in [0.717, 1.165) is 10.9 Å². The summed E-state index contributed by atoms with van der Waals surface area (Å²) in [5.41, 5.74) is 9.85. The summed E-state index contributed by atoms with van der Waals surface area (Å²) >= 11 is 3.55. The van der Waals surface area contributed by atoms with Gasteiger partial charge in [0, 0.05) is 28.1 Å². The van der Waals surface area contributed by atoms with Gasteiger partial charge in [-0.1, -0.05) is 29.8 Å². The summed E-state index contributed by atoms with van der Waals surface area (Å²) in [7, 11) is 2.14. The van der Waals surface area contributed by atoms with Gasteiger partial charge in [-0.3, -0.25) is 0 Å². The van der Waals surface area contributed by atoms with Crippen molar-refractivity contribution < 1.29 is 0 Å². The summed E-state index contributed by atoms with van der Waals surface area (Å²) in [5.74, 6) is 0.521. The van der Waals surface area contributed by atoms with E-state index < -0.39 is 0 Å². The average Bonchev–Trinajstić information content (AvgIpc) is 2.52. The highest BCUT2D eigenvalue weighted by Gasteiger charge is 2.16. The number of hydrogen-bond acceptors (Lipinski definition) is 1. The number of fused-ring (bicyclic) bond motifs is 1. The Bertz CT molecular complexity index is 541. The fraction of sp³-hybridized carbons (Fsp3) is 0.429. The lowest BCUT2D eigenvalue weighted by Crippen LogP contribution is -2.07. The molecule has 92 valence electrons. The van der Waals surface area contributed by atoms with Crippen LogP contribution in [0, 0.1) is 0 Å². The maximum absolute atomic E-state index is 5.75. The molecule has 3 heteroatoms. The third kappa shape index (κ3) is 2.14. The molecule has 0 aliphatic heterocycles. The van der Waals surface area contributed by atoms with Crippen LogP contribution in [-0.4, -0.2) is 11.1 Å². The summed E-state index contributed by atoms with van der Waals surface area (Å²) < 4.78 is 3.43. The van der Waals surface area contributed by atoms with Crippen molar-refractivity contribution in [3.8, 4) is 0 Å². The number of benzene rings is 1. The smallest absolute Gasteiger partial charge is 0.0483 e. The molecule has 0 spiro atoms. The van der Waals surface area contributed by atoms with Crippen molar-refractivity contribution in [2.75, 3.05) is 6.54 Å². The molecule has 1 aromatic carbocycles. The van der Waals surface area contributed by atoms with Crippen molar-refractivity contribution in [1.29, 1.82) is 0 Å². The molecule has 17 heavy (non-hydrogen) atoms. The van der Waals surface area contributed by atoms with Crippen LogP contribution in [0.5, 0.6) is 0 Å². The molecule has 0 bridgehead atoms. The first-order chi connectivity index (χ1) is 8.06. The van der Waals surface area contributed by atoms with Gasteiger partial charge in [-0.05, 0) is 42.6 Å². The van der Waals surface area contributed by atoms with Crippen LogP contribution in [0.15, 0.2) is 22.7 Å². The van der Waals surface area contributed by atoms with E-state index in [1.165, 1.54) is 22.2 Å². The molecule has 0 saturated heterocycles. The van der Waals surface area contributed by atoms with E-state index in [1.54, 1.807) is 0 Å². The second-order valence-corrected chi connectivity index (χ2v) is 5.69. The monoisotopic (exact) mass is 294 g/mol. The van der Waals surface area contributed by atoms with E-state index in [4.69, 9.17) is 5.73 Å². The molecule has 2 aromatic rings. The number of rotatable bonds is 3. The topological polar surface area (TPSA) is 30.9 Å². The normalized spacial score (nSPS) is 11.6. The Hall–Kier alpha value is -0.800. The number of nitrogens with two attached hydrogens (primary N) is 1. The molecule has 0 fully saturated rings. The maximum Gasteiger partial charge on any atom is 0.0483 e. The SMILES string of the molecule is CC(C)c1c(CCN)c2cc(Br)ccc2n1C. The van der Waals surface area contributed by atoms with Crippen LogP contribution in [0.3, 0.4) is 0 Å². The Kier molecular flexibility index (Phi) is 3.59. The standard InChI is InChI=1S/C14H19BrN2/c1-9(2)14-11(6-7-16)12-8-10(15)4-5-13(12)17(14)3/h4-5,8-9H,6-7,16H2,1-3H3. The highest BCUT2D eigenvalue weighted by Crippen LogP contribution is 2.32. The minimum Gasteiger partial charge on any atom is -0.347 e. The molecule has 0 atom stereocenters. The van der Waals surface area contributed by atoms with Crippen molar-refractivity contribution in [3.05, 3.63) is 33.9 Å². The fourth-order valence-electron chi connectivity index (χ4n) is 2.66. The van der Waals surface area contributed by atoms with Crippen LogP contribution in [0.25, 0.3) is 10.9 Å². The predicted octanol–water partition coefficient (Wildman–Crippen LogP) is 3.57. The van der Waals surface area contributed by atoms with Crippen molar-refractivity contribution in [3.63, 3.8) is 0 Å². The van der Waals surface area contributed by atoms with Crippen LogP contribution in [-0.2, 0) is 13.5 Å². The number of hydrogen-bond donors (Lipinski definition) is 1. The molecule has 1 aromatic heterocycles. The predicted molar refractivity (Wildman–Crippen MR) is 77.5 cm³/mol. The second-order valence-electron chi connectivity index (χ2n) is 4.78. The quantitative estimate of drug-likeness (QED) is 0.922. The summed E-state index contributed by atoms with van der Waals surface area (Å²) in [5, 5.41) is 1.33. The third-order valence-electron chi connectivity index (χ3n) is 3.26. The average molecular weight is 295 g/mol. The largest absolute Gasteiger partial charge is 0.347 e. The molecule has 0 radical (unpaired) electrons. The Labute approximate surface area is 111 Å². The minimum atomic E-state index is 0.521. The van der Waals surface area contributed by atoms with Crippen LogP contribution in [0.4, 0.5) is 0 Å². The molecule has 0 aliphatic rings.